The summed E-state index contributed by atoms with van der Waals surface area (Å²) in [6, 6.07) is 10.0. The molecular formula is C21H25NO6. The number of ether oxygens (including phenoxy) is 4. The average molecular weight is 387 g/mol. The number of carbonyl (C=O) groups is 2. The molecular weight excluding hydrogens is 362 g/mol. The summed E-state index contributed by atoms with van der Waals surface area (Å²) in [6.45, 7) is 6.17. The predicted octanol–water partition coefficient (Wildman–Crippen LogP) is 3.60. The van der Waals surface area contributed by atoms with Crippen LogP contribution in [0.2, 0.25) is 0 Å². The lowest BCUT2D eigenvalue weighted by Crippen LogP contribution is -2.21. The topological polar surface area (TPSA) is 83.1 Å². The van der Waals surface area contributed by atoms with Crippen LogP contribution in [0, 0.1) is 6.92 Å². The van der Waals surface area contributed by atoms with E-state index in [9.17, 15) is 9.59 Å². The van der Waals surface area contributed by atoms with Crippen molar-refractivity contribution in [1.82, 2.24) is 0 Å². The standard InChI is InChI=1S/C21H25NO6/c1-5-26-17-10-9-16(12-19(17)27-6-2)22-20(23)13-28-21(24)15-8-7-14(3)18(11-15)25-4/h7-12H,5-6,13H2,1-4H3,(H,22,23). The van der Waals surface area contributed by atoms with E-state index in [0.717, 1.165) is 5.56 Å². The SMILES string of the molecule is CCOc1ccc(NC(=O)COC(=O)c2ccc(C)c(OC)c2)cc1OCC. The normalized spacial score (nSPS) is 10.1. The molecule has 7 nitrogen and oxygen atoms in total. The van der Waals surface area contributed by atoms with Crippen LogP contribution in [-0.4, -0.2) is 38.8 Å². The van der Waals surface area contributed by atoms with Gasteiger partial charge in [-0.1, -0.05) is 6.07 Å². The number of hydrogen-bond donors (Lipinski definition) is 1. The van der Waals surface area contributed by atoms with E-state index in [0.29, 0.717) is 41.7 Å². The number of benzene rings is 2. The summed E-state index contributed by atoms with van der Waals surface area (Å²) in [4.78, 5) is 24.3. The molecule has 0 saturated heterocycles. The van der Waals surface area contributed by atoms with E-state index in [4.69, 9.17) is 18.9 Å². The van der Waals surface area contributed by atoms with Crippen molar-refractivity contribution >= 4 is 17.6 Å². The first-order valence-electron chi connectivity index (χ1n) is 8.99. The minimum Gasteiger partial charge on any atom is -0.496 e. The van der Waals surface area contributed by atoms with Gasteiger partial charge in [0.05, 0.1) is 25.9 Å². The molecule has 0 heterocycles. The summed E-state index contributed by atoms with van der Waals surface area (Å²) in [5.41, 5.74) is 1.73. The predicted molar refractivity (Wildman–Crippen MR) is 105 cm³/mol. The molecule has 0 saturated carbocycles. The third kappa shape index (κ3) is 5.64. The van der Waals surface area contributed by atoms with Crippen molar-refractivity contribution in [3.05, 3.63) is 47.5 Å². The molecule has 1 N–H and O–H groups in total. The molecule has 0 aliphatic carbocycles. The second-order valence-electron chi connectivity index (χ2n) is 5.84. The Morgan fingerprint density at radius 3 is 2.32 bits per heavy atom. The fourth-order valence-corrected chi connectivity index (χ4v) is 2.49. The van der Waals surface area contributed by atoms with E-state index in [1.54, 1.807) is 36.4 Å². The fourth-order valence-electron chi connectivity index (χ4n) is 2.49. The van der Waals surface area contributed by atoms with Gasteiger partial charge in [-0.05, 0) is 50.6 Å². The molecule has 0 aromatic heterocycles. The van der Waals surface area contributed by atoms with Gasteiger partial charge in [0.2, 0.25) is 0 Å². The zero-order valence-electron chi connectivity index (χ0n) is 16.5. The Bertz CT molecular complexity index is 834. The van der Waals surface area contributed by atoms with Gasteiger partial charge in [0.1, 0.15) is 5.75 Å². The van der Waals surface area contributed by atoms with Gasteiger partial charge in [0.15, 0.2) is 18.1 Å². The number of nitrogens with one attached hydrogen (secondary N) is 1. The summed E-state index contributed by atoms with van der Waals surface area (Å²) in [6.07, 6.45) is 0. The summed E-state index contributed by atoms with van der Waals surface area (Å²) >= 11 is 0. The van der Waals surface area contributed by atoms with Gasteiger partial charge in [-0.2, -0.15) is 0 Å². The molecule has 0 aliphatic heterocycles. The number of carbonyl (C=O) groups excluding carboxylic acids is 2. The minimum atomic E-state index is -0.602. The van der Waals surface area contributed by atoms with Gasteiger partial charge in [-0.15, -0.1) is 0 Å². The van der Waals surface area contributed by atoms with Crippen LogP contribution < -0.4 is 19.5 Å². The van der Waals surface area contributed by atoms with E-state index >= 15 is 0 Å². The molecule has 0 aliphatic rings. The minimum absolute atomic E-state index is 0.315. The maximum absolute atomic E-state index is 12.1. The monoisotopic (exact) mass is 387 g/mol. The molecule has 0 bridgehead atoms. The van der Waals surface area contributed by atoms with Gasteiger partial charge in [-0.25, -0.2) is 4.79 Å². The lowest BCUT2D eigenvalue weighted by molar-refractivity contribution is -0.119. The molecule has 2 aromatic carbocycles. The smallest absolute Gasteiger partial charge is 0.338 e. The third-order valence-electron chi connectivity index (χ3n) is 3.81. The first-order chi connectivity index (χ1) is 13.5. The molecule has 150 valence electrons. The first-order valence-corrected chi connectivity index (χ1v) is 8.99. The lowest BCUT2D eigenvalue weighted by atomic mass is 10.1. The fraction of sp³-hybridized carbons (Fsp3) is 0.333. The van der Waals surface area contributed by atoms with E-state index in [1.165, 1.54) is 7.11 Å². The molecule has 0 atom stereocenters. The van der Waals surface area contributed by atoms with E-state index in [-0.39, 0.29) is 0 Å². The molecule has 0 spiro atoms. The van der Waals surface area contributed by atoms with E-state index in [2.05, 4.69) is 5.32 Å². The van der Waals surface area contributed by atoms with Crippen LogP contribution in [0.5, 0.6) is 17.2 Å². The Balaban J connectivity index is 1.96. The largest absolute Gasteiger partial charge is 0.496 e. The Kier molecular flexibility index (Phi) is 7.68. The van der Waals surface area contributed by atoms with Crippen molar-refractivity contribution in [2.75, 3.05) is 32.2 Å². The summed E-state index contributed by atoms with van der Waals surface area (Å²) < 4.78 is 21.3. The van der Waals surface area contributed by atoms with Crippen LogP contribution in [0.3, 0.4) is 0 Å². The van der Waals surface area contributed by atoms with Crippen LogP contribution in [0.15, 0.2) is 36.4 Å². The number of methoxy groups -OCH3 is 1. The lowest BCUT2D eigenvalue weighted by Gasteiger charge is -2.13. The van der Waals surface area contributed by atoms with Crippen molar-refractivity contribution in [3.8, 4) is 17.2 Å². The van der Waals surface area contributed by atoms with Gasteiger partial charge in [0.25, 0.3) is 5.91 Å². The summed E-state index contributed by atoms with van der Waals surface area (Å²) in [5, 5.41) is 2.67. The first kappa shape index (κ1) is 21.1. The number of rotatable bonds is 9. The molecule has 2 rings (SSSR count). The summed E-state index contributed by atoms with van der Waals surface area (Å²) in [7, 11) is 1.53. The van der Waals surface area contributed by atoms with Crippen molar-refractivity contribution < 1.29 is 28.5 Å². The van der Waals surface area contributed by atoms with Gasteiger partial charge >= 0.3 is 5.97 Å². The average Bonchev–Trinajstić information content (AvgIpc) is 2.69. The van der Waals surface area contributed by atoms with Gasteiger partial charge < -0.3 is 24.3 Å². The van der Waals surface area contributed by atoms with Gasteiger partial charge in [-0.3, -0.25) is 4.79 Å². The van der Waals surface area contributed by atoms with Crippen LogP contribution in [0.4, 0.5) is 5.69 Å². The molecule has 2 aromatic rings. The Morgan fingerprint density at radius 2 is 1.64 bits per heavy atom. The van der Waals surface area contributed by atoms with Crippen LogP contribution in [-0.2, 0) is 9.53 Å². The number of amides is 1. The molecule has 0 radical (unpaired) electrons. The quantitative estimate of drug-likeness (QED) is 0.662. The highest BCUT2D eigenvalue weighted by molar-refractivity contribution is 5.95. The second kappa shape index (κ2) is 10.2. The summed E-state index contributed by atoms with van der Waals surface area (Å²) in [5.74, 6) is 0.652. The highest BCUT2D eigenvalue weighted by Gasteiger charge is 2.13. The van der Waals surface area contributed by atoms with E-state index in [1.807, 2.05) is 20.8 Å². The third-order valence-corrected chi connectivity index (χ3v) is 3.81. The van der Waals surface area contributed by atoms with Crippen LogP contribution in [0.1, 0.15) is 29.8 Å². The van der Waals surface area contributed by atoms with E-state index < -0.39 is 18.5 Å². The maximum Gasteiger partial charge on any atom is 0.338 e. The van der Waals surface area contributed by atoms with Crippen LogP contribution in [0.25, 0.3) is 0 Å². The zero-order valence-corrected chi connectivity index (χ0v) is 16.5. The Morgan fingerprint density at radius 1 is 0.929 bits per heavy atom. The van der Waals surface area contributed by atoms with Crippen LogP contribution >= 0.6 is 0 Å². The number of anilines is 1. The zero-order chi connectivity index (χ0) is 20.5. The number of aryl methyl sites for hydroxylation is 1. The maximum atomic E-state index is 12.1. The molecule has 0 fully saturated rings. The molecule has 28 heavy (non-hydrogen) atoms. The van der Waals surface area contributed by atoms with Gasteiger partial charge in [0, 0.05) is 11.8 Å². The van der Waals surface area contributed by atoms with Crippen molar-refractivity contribution in [3.63, 3.8) is 0 Å². The highest BCUT2D eigenvalue weighted by Crippen LogP contribution is 2.30. The number of esters is 1. The molecule has 0 unspecified atom stereocenters. The second-order valence-corrected chi connectivity index (χ2v) is 5.84. The molecule has 1 amide bonds. The Hall–Kier alpha value is -3.22. The Labute approximate surface area is 164 Å². The molecule has 7 heteroatoms. The van der Waals surface area contributed by atoms with Crippen molar-refractivity contribution in [2.45, 2.75) is 20.8 Å². The highest BCUT2D eigenvalue weighted by atomic mass is 16.5. The van der Waals surface area contributed by atoms with Crippen molar-refractivity contribution in [1.29, 1.82) is 0 Å². The number of hydrogen-bond acceptors (Lipinski definition) is 6. The van der Waals surface area contributed by atoms with Crippen molar-refractivity contribution in [2.24, 2.45) is 0 Å².